The Bertz CT molecular complexity index is 1200. The molecule has 1 N–H and O–H groups in total. The van der Waals surface area contributed by atoms with Gasteiger partial charge in [0.15, 0.2) is 0 Å². The molecule has 3 aromatic rings. The smallest absolute Gasteiger partial charge is 0.262 e. The molecule has 6 heteroatoms. The summed E-state index contributed by atoms with van der Waals surface area (Å²) < 4.78 is 7.61. The van der Waals surface area contributed by atoms with Crippen LogP contribution in [-0.2, 0) is 16.1 Å². The number of nitrogens with one attached hydrogen (secondary N) is 1. The van der Waals surface area contributed by atoms with Crippen LogP contribution < -0.4 is 5.32 Å². The monoisotopic (exact) mass is 410 g/mol. The predicted octanol–water partition coefficient (Wildman–Crippen LogP) is 3.76. The molecular weight excluding hydrogens is 388 g/mol. The zero-order chi connectivity index (χ0) is 21.6. The van der Waals surface area contributed by atoms with E-state index in [2.05, 4.69) is 16.0 Å². The molecule has 1 fully saturated rings. The summed E-state index contributed by atoms with van der Waals surface area (Å²) in [7, 11) is 0. The minimum atomic E-state index is -0.387. The van der Waals surface area contributed by atoms with Crippen molar-refractivity contribution in [2.45, 2.75) is 25.5 Å². The maximum Gasteiger partial charge on any atom is 0.262 e. The van der Waals surface area contributed by atoms with Crippen LogP contribution in [0.2, 0.25) is 0 Å². The molecule has 1 amide bonds. The fourth-order valence-electron chi connectivity index (χ4n) is 3.81. The van der Waals surface area contributed by atoms with Gasteiger partial charge in [0.1, 0.15) is 11.6 Å². The van der Waals surface area contributed by atoms with E-state index in [9.17, 15) is 10.1 Å². The molecule has 1 aliphatic rings. The molecule has 4 rings (SSSR count). The molecule has 1 atom stereocenters. The second-order valence-corrected chi connectivity index (χ2v) is 7.55. The van der Waals surface area contributed by atoms with Gasteiger partial charge in [-0.1, -0.05) is 30.3 Å². The molecule has 0 unspecified atom stereocenters. The highest BCUT2D eigenvalue weighted by molar-refractivity contribution is 6.04. The number of carbonyl (C=O) groups is 1. The first-order valence-electron chi connectivity index (χ1n) is 10.3. The Morgan fingerprint density at radius 1 is 1.19 bits per heavy atom. The molecule has 6 nitrogen and oxygen atoms in total. The molecule has 31 heavy (non-hydrogen) atoms. The number of benzene rings is 2. The molecule has 0 spiro atoms. The van der Waals surface area contributed by atoms with Crippen LogP contribution in [0.15, 0.2) is 60.3 Å². The van der Waals surface area contributed by atoms with E-state index in [0.717, 1.165) is 41.5 Å². The molecule has 2 aromatic carbocycles. The van der Waals surface area contributed by atoms with Crippen molar-refractivity contribution in [3.05, 3.63) is 77.0 Å². The topological polar surface area (TPSA) is 90.8 Å². The summed E-state index contributed by atoms with van der Waals surface area (Å²) in [6, 6.07) is 19.5. The number of amides is 1. The number of nitrogens with zero attached hydrogens (tertiary/aromatic N) is 3. The number of fused-ring (bicyclic) bond motifs is 1. The first kappa shape index (κ1) is 20.4. The molecular formula is C25H22N4O2. The summed E-state index contributed by atoms with van der Waals surface area (Å²) in [6.45, 7) is 1.76. The van der Waals surface area contributed by atoms with Gasteiger partial charge >= 0.3 is 0 Å². The van der Waals surface area contributed by atoms with Crippen LogP contribution in [0.5, 0.6) is 0 Å². The third-order valence-electron chi connectivity index (χ3n) is 5.43. The molecule has 0 radical (unpaired) electrons. The van der Waals surface area contributed by atoms with Crippen molar-refractivity contribution in [3.8, 4) is 12.1 Å². The number of aromatic nitrogens is 1. The highest BCUT2D eigenvalue weighted by Gasteiger charge is 2.18. The van der Waals surface area contributed by atoms with E-state index >= 15 is 0 Å². The number of hydrogen-bond donors (Lipinski definition) is 1. The summed E-state index contributed by atoms with van der Waals surface area (Å²) in [5.74, 6) is -0.387. The molecule has 0 aliphatic carbocycles. The lowest BCUT2D eigenvalue weighted by Gasteiger charge is -2.10. The lowest BCUT2D eigenvalue weighted by molar-refractivity contribution is -0.117. The van der Waals surface area contributed by atoms with Crippen LogP contribution in [0, 0.1) is 22.7 Å². The second kappa shape index (κ2) is 9.30. The maximum absolute atomic E-state index is 12.5. The van der Waals surface area contributed by atoms with Crippen LogP contribution in [0.4, 0.5) is 0 Å². The number of ether oxygens (including phenoxy) is 1. The van der Waals surface area contributed by atoms with E-state index < -0.39 is 0 Å². The Hall–Kier alpha value is -3.87. The van der Waals surface area contributed by atoms with Gasteiger partial charge in [0.05, 0.1) is 17.7 Å². The normalized spacial score (nSPS) is 16.1. The van der Waals surface area contributed by atoms with Crippen molar-refractivity contribution in [3.63, 3.8) is 0 Å². The molecule has 1 aromatic heterocycles. The second-order valence-electron chi connectivity index (χ2n) is 7.55. The first-order chi connectivity index (χ1) is 15.2. The molecule has 154 valence electrons. The number of para-hydroxylation sites is 1. The van der Waals surface area contributed by atoms with Gasteiger partial charge in [-0.05, 0) is 42.7 Å². The van der Waals surface area contributed by atoms with Gasteiger partial charge in [-0.3, -0.25) is 4.79 Å². The fourth-order valence-corrected chi connectivity index (χ4v) is 3.81. The average molecular weight is 410 g/mol. The molecule has 0 bridgehead atoms. The molecule has 1 saturated heterocycles. The standard InChI is InChI=1S/C25H22N4O2/c26-13-18-7-9-19(10-8-18)16-29-17-21(23-5-1-2-6-24(23)29)12-20(14-27)25(30)28-15-22-4-3-11-31-22/h1-2,5-10,12,17,22H,3-4,11,15-16H2,(H,28,30)/b20-12+/t22-/m0/s1. The van der Waals surface area contributed by atoms with Gasteiger partial charge in [-0.2, -0.15) is 10.5 Å². The van der Waals surface area contributed by atoms with Crippen LogP contribution in [0.1, 0.15) is 29.5 Å². The minimum Gasteiger partial charge on any atom is -0.376 e. The van der Waals surface area contributed by atoms with Crippen molar-refractivity contribution >= 4 is 22.9 Å². The van der Waals surface area contributed by atoms with Gasteiger partial charge in [-0.25, -0.2) is 0 Å². The third-order valence-corrected chi connectivity index (χ3v) is 5.43. The third kappa shape index (κ3) is 4.66. The zero-order valence-corrected chi connectivity index (χ0v) is 17.0. The maximum atomic E-state index is 12.5. The zero-order valence-electron chi connectivity index (χ0n) is 17.0. The van der Waals surface area contributed by atoms with Gasteiger partial charge < -0.3 is 14.6 Å². The Morgan fingerprint density at radius 2 is 2.00 bits per heavy atom. The van der Waals surface area contributed by atoms with Crippen molar-refractivity contribution < 1.29 is 9.53 Å². The van der Waals surface area contributed by atoms with Gasteiger partial charge in [0, 0.05) is 42.4 Å². The quantitative estimate of drug-likeness (QED) is 0.495. The Balaban J connectivity index is 1.59. The minimum absolute atomic E-state index is 0.0261. The number of rotatable bonds is 6. The summed E-state index contributed by atoms with van der Waals surface area (Å²) in [5.41, 5.74) is 3.57. The summed E-state index contributed by atoms with van der Waals surface area (Å²) >= 11 is 0. The Kier molecular flexibility index (Phi) is 6.12. The SMILES string of the molecule is N#C/C(=C\c1cn(Cc2ccc(C#N)cc2)c2ccccc12)C(=O)NC[C@@H]1CCCO1. The van der Waals surface area contributed by atoms with Crippen molar-refractivity contribution in [1.29, 1.82) is 10.5 Å². The lowest BCUT2D eigenvalue weighted by Crippen LogP contribution is -2.32. The van der Waals surface area contributed by atoms with E-state index in [1.807, 2.05) is 48.7 Å². The van der Waals surface area contributed by atoms with Crippen molar-refractivity contribution in [1.82, 2.24) is 9.88 Å². The largest absolute Gasteiger partial charge is 0.376 e. The van der Waals surface area contributed by atoms with Crippen LogP contribution in [0.25, 0.3) is 17.0 Å². The number of nitriles is 2. The highest BCUT2D eigenvalue weighted by Crippen LogP contribution is 2.25. The van der Waals surface area contributed by atoms with E-state index in [0.29, 0.717) is 18.7 Å². The summed E-state index contributed by atoms with van der Waals surface area (Å²) in [6.07, 6.45) is 5.54. The summed E-state index contributed by atoms with van der Waals surface area (Å²) in [4.78, 5) is 12.5. The molecule has 0 saturated carbocycles. The van der Waals surface area contributed by atoms with E-state index in [1.165, 1.54) is 0 Å². The van der Waals surface area contributed by atoms with Gasteiger partial charge in [0.25, 0.3) is 5.91 Å². The van der Waals surface area contributed by atoms with Gasteiger partial charge in [-0.15, -0.1) is 0 Å². The molecule has 1 aliphatic heterocycles. The van der Waals surface area contributed by atoms with Crippen LogP contribution in [0.3, 0.4) is 0 Å². The fraction of sp³-hybridized carbons (Fsp3) is 0.240. The molecule has 2 heterocycles. The number of hydrogen-bond acceptors (Lipinski definition) is 4. The van der Waals surface area contributed by atoms with Crippen LogP contribution >= 0.6 is 0 Å². The van der Waals surface area contributed by atoms with Crippen molar-refractivity contribution in [2.24, 2.45) is 0 Å². The Labute approximate surface area is 181 Å². The van der Waals surface area contributed by atoms with Crippen LogP contribution in [-0.4, -0.2) is 29.7 Å². The van der Waals surface area contributed by atoms with E-state index in [-0.39, 0.29) is 17.6 Å². The van der Waals surface area contributed by atoms with Gasteiger partial charge in [0.2, 0.25) is 0 Å². The van der Waals surface area contributed by atoms with E-state index in [4.69, 9.17) is 10.00 Å². The predicted molar refractivity (Wildman–Crippen MR) is 118 cm³/mol. The van der Waals surface area contributed by atoms with Crippen molar-refractivity contribution in [2.75, 3.05) is 13.2 Å². The average Bonchev–Trinajstić information content (AvgIpc) is 3.45. The van der Waals surface area contributed by atoms with E-state index in [1.54, 1.807) is 18.2 Å². The first-order valence-corrected chi connectivity index (χ1v) is 10.3. The lowest BCUT2D eigenvalue weighted by atomic mass is 10.1. The summed E-state index contributed by atoms with van der Waals surface area (Å²) in [5, 5.41) is 22.3. The number of carbonyl (C=O) groups excluding carboxylic acids is 1. The Morgan fingerprint density at radius 3 is 2.71 bits per heavy atom. The highest BCUT2D eigenvalue weighted by atomic mass is 16.5.